The molecule has 0 radical (unpaired) electrons. The van der Waals surface area contributed by atoms with Crippen molar-refractivity contribution in [3.8, 4) is 10.6 Å². The summed E-state index contributed by atoms with van der Waals surface area (Å²) in [6, 6.07) is 4.58. The molecule has 0 bridgehead atoms. The summed E-state index contributed by atoms with van der Waals surface area (Å²) in [4.78, 5) is 4.13. The molecule has 5 nitrogen and oxygen atoms in total. The van der Waals surface area contributed by atoms with Crippen LogP contribution in [0.5, 0.6) is 0 Å². The Hall–Kier alpha value is -1.49. The molecule has 2 rings (SSSR count). The van der Waals surface area contributed by atoms with Crippen molar-refractivity contribution >= 4 is 21.5 Å². The molecule has 1 aromatic heterocycles. The van der Waals surface area contributed by atoms with Crippen LogP contribution >= 0.6 is 11.3 Å². The SMILES string of the molecule is NS(=O)(=O)NCc1csc(-c2ccc(C(F)(F)F)cc2)n1. The minimum absolute atomic E-state index is 0.0734. The smallest absolute Gasteiger partial charge is 0.240 e. The van der Waals surface area contributed by atoms with E-state index in [2.05, 4.69) is 9.71 Å². The number of thiazole rings is 1. The molecular formula is C11H10F3N3O2S2. The normalized spacial score (nSPS) is 12.6. The summed E-state index contributed by atoms with van der Waals surface area (Å²) in [6.07, 6.45) is -4.38. The molecule has 0 spiro atoms. The van der Waals surface area contributed by atoms with Crippen molar-refractivity contribution in [3.63, 3.8) is 0 Å². The predicted octanol–water partition coefficient (Wildman–Crippen LogP) is 2.12. The first kappa shape index (κ1) is 15.9. The monoisotopic (exact) mass is 337 g/mol. The zero-order chi connectivity index (χ0) is 15.7. The standard InChI is InChI=1S/C11H10F3N3O2S2/c12-11(13,14)8-3-1-7(2-4-8)10-17-9(6-20-10)5-16-21(15,18)19/h1-4,6,16H,5H2,(H2,15,18,19). The van der Waals surface area contributed by atoms with E-state index in [4.69, 9.17) is 5.14 Å². The lowest BCUT2D eigenvalue weighted by Crippen LogP contribution is -2.30. The van der Waals surface area contributed by atoms with Crippen LogP contribution in [0.3, 0.4) is 0 Å². The number of hydrogen-bond acceptors (Lipinski definition) is 4. The number of alkyl halides is 3. The highest BCUT2D eigenvalue weighted by Gasteiger charge is 2.30. The molecule has 1 aromatic carbocycles. The number of nitrogens with two attached hydrogens (primary N) is 1. The molecule has 3 N–H and O–H groups in total. The largest absolute Gasteiger partial charge is 0.416 e. The van der Waals surface area contributed by atoms with Gasteiger partial charge in [-0.15, -0.1) is 11.3 Å². The van der Waals surface area contributed by atoms with E-state index in [-0.39, 0.29) is 6.54 Å². The molecule has 0 unspecified atom stereocenters. The van der Waals surface area contributed by atoms with Gasteiger partial charge in [-0.3, -0.25) is 0 Å². The zero-order valence-corrected chi connectivity index (χ0v) is 12.0. The van der Waals surface area contributed by atoms with Crippen molar-refractivity contribution < 1.29 is 21.6 Å². The van der Waals surface area contributed by atoms with Crippen molar-refractivity contribution in [3.05, 3.63) is 40.9 Å². The Bertz CT molecular complexity index is 724. The number of aromatic nitrogens is 1. The maximum Gasteiger partial charge on any atom is 0.416 e. The van der Waals surface area contributed by atoms with Crippen LogP contribution in [0.1, 0.15) is 11.3 Å². The van der Waals surface area contributed by atoms with Crippen molar-refractivity contribution in [1.29, 1.82) is 0 Å². The number of nitrogens with one attached hydrogen (secondary N) is 1. The van der Waals surface area contributed by atoms with Gasteiger partial charge in [-0.1, -0.05) is 12.1 Å². The fourth-order valence-corrected chi connectivity index (χ4v) is 2.67. The second-order valence-corrected chi connectivity index (χ2v) is 6.32. The van der Waals surface area contributed by atoms with E-state index in [1.165, 1.54) is 23.5 Å². The minimum atomic E-state index is -4.38. The van der Waals surface area contributed by atoms with Gasteiger partial charge in [0.15, 0.2) is 0 Å². The first-order valence-corrected chi connectivity index (χ1v) is 7.97. The Morgan fingerprint density at radius 3 is 2.38 bits per heavy atom. The van der Waals surface area contributed by atoms with Gasteiger partial charge in [0.2, 0.25) is 0 Å². The Morgan fingerprint density at radius 2 is 1.86 bits per heavy atom. The van der Waals surface area contributed by atoms with Crippen LogP contribution in [0.2, 0.25) is 0 Å². The molecule has 1 heterocycles. The first-order chi connectivity index (χ1) is 9.65. The van der Waals surface area contributed by atoms with Gasteiger partial charge in [-0.25, -0.2) is 10.1 Å². The van der Waals surface area contributed by atoms with Gasteiger partial charge in [0, 0.05) is 10.9 Å². The van der Waals surface area contributed by atoms with Crippen LogP contribution < -0.4 is 9.86 Å². The highest BCUT2D eigenvalue weighted by atomic mass is 32.2. The summed E-state index contributed by atoms with van der Waals surface area (Å²) in [5, 5.41) is 6.89. The molecule has 0 aliphatic rings. The van der Waals surface area contributed by atoms with Crippen molar-refractivity contribution in [1.82, 2.24) is 9.71 Å². The molecule has 0 aliphatic heterocycles. The van der Waals surface area contributed by atoms with Crippen LogP contribution in [0.4, 0.5) is 13.2 Å². The van der Waals surface area contributed by atoms with Crippen molar-refractivity contribution in [2.45, 2.75) is 12.7 Å². The summed E-state index contributed by atoms with van der Waals surface area (Å²) in [5.74, 6) is 0. The lowest BCUT2D eigenvalue weighted by atomic mass is 10.1. The summed E-state index contributed by atoms with van der Waals surface area (Å²) in [7, 11) is -3.81. The van der Waals surface area contributed by atoms with Gasteiger partial charge in [-0.2, -0.15) is 26.3 Å². The molecule has 114 valence electrons. The maximum absolute atomic E-state index is 12.4. The molecule has 0 amide bonds. The molecule has 0 aliphatic carbocycles. The van der Waals surface area contributed by atoms with Gasteiger partial charge in [0.1, 0.15) is 5.01 Å². The fourth-order valence-electron chi connectivity index (χ4n) is 1.50. The summed E-state index contributed by atoms with van der Waals surface area (Å²) in [6.45, 7) is -0.0734. The van der Waals surface area contributed by atoms with Crippen LogP contribution in [-0.4, -0.2) is 13.4 Å². The van der Waals surface area contributed by atoms with Crippen molar-refractivity contribution in [2.75, 3.05) is 0 Å². The number of halogens is 3. The van der Waals surface area contributed by atoms with Crippen molar-refractivity contribution in [2.24, 2.45) is 5.14 Å². The average molecular weight is 337 g/mol. The van der Waals surface area contributed by atoms with E-state index in [1.807, 2.05) is 0 Å². The van der Waals surface area contributed by atoms with Crippen LogP contribution in [0.15, 0.2) is 29.6 Å². The second kappa shape index (κ2) is 5.72. The third-order valence-corrected chi connectivity index (χ3v) is 3.95. The lowest BCUT2D eigenvalue weighted by molar-refractivity contribution is -0.137. The van der Waals surface area contributed by atoms with E-state index in [0.29, 0.717) is 16.3 Å². The zero-order valence-electron chi connectivity index (χ0n) is 10.4. The van der Waals surface area contributed by atoms with Crippen LogP contribution in [0.25, 0.3) is 10.6 Å². The Kier molecular flexibility index (Phi) is 4.33. The summed E-state index contributed by atoms with van der Waals surface area (Å²) < 4.78 is 60.9. The van der Waals surface area contributed by atoms with Gasteiger partial charge < -0.3 is 0 Å². The minimum Gasteiger partial charge on any atom is -0.240 e. The molecule has 21 heavy (non-hydrogen) atoms. The van der Waals surface area contributed by atoms with E-state index < -0.39 is 21.9 Å². The predicted molar refractivity (Wildman–Crippen MR) is 72.5 cm³/mol. The topological polar surface area (TPSA) is 85.1 Å². The third-order valence-electron chi connectivity index (χ3n) is 2.47. The number of benzene rings is 1. The lowest BCUT2D eigenvalue weighted by Gasteiger charge is -2.06. The molecule has 0 saturated heterocycles. The van der Waals surface area contributed by atoms with Gasteiger partial charge in [-0.05, 0) is 12.1 Å². The molecule has 0 atom stereocenters. The van der Waals surface area contributed by atoms with E-state index >= 15 is 0 Å². The quantitative estimate of drug-likeness (QED) is 0.896. The van der Waals surface area contributed by atoms with Gasteiger partial charge >= 0.3 is 6.18 Å². The fraction of sp³-hybridized carbons (Fsp3) is 0.182. The highest BCUT2D eigenvalue weighted by Crippen LogP contribution is 2.31. The number of hydrogen-bond donors (Lipinski definition) is 2. The van der Waals surface area contributed by atoms with E-state index in [0.717, 1.165) is 12.1 Å². The Labute approximate surface area is 122 Å². The maximum atomic E-state index is 12.4. The summed E-state index contributed by atoms with van der Waals surface area (Å²) in [5.41, 5.74) is 0.220. The highest BCUT2D eigenvalue weighted by molar-refractivity contribution is 7.87. The molecule has 0 saturated carbocycles. The Morgan fingerprint density at radius 1 is 1.24 bits per heavy atom. The van der Waals surface area contributed by atoms with Crippen LogP contribution in [0, 0.1) is 0 Å². The molecular weight excluding hydrogens is 327 g/mol. The molecule has 10 heteroatoms. The Balaban J connectivity index is 2.14. The number of rotatable bonds is 4. The first-order valence-electron chi connectivity index (χ1n) is 5.54. The molecule has 0 fully saturated rings. The van der Waals surface area contributed by atoms with Gasteiger partial charge in [0.05, 0.1) is 17.8 Å². The third kappa shape index (κ3) is 4.49. The van der Waals surface area contributed by atoms with Crippen LogP contribution in [-0.2, 0) is 22.9 Å². The number of nitrogens with zero attached hydrogens (tertiary/aromatic N) is 1. The van der Waals surface area contributed by atoms with Gasteiger partial charge in [0.25, 0.3) is 10.2 Å². The second-order valence-electron chi connectivity index (χ2n) is 4.09. The average Bonchev–Trinajstić information content (AvgIpc) is 2.83. The van der Waals surface area contributed by atoms with E-state index in [1.54, 1.807) is 5.38 Å². The molecule has 2 aromatic rings. The van der Waals surface area contributed by atoms with E-state index in [9.17, 15) is 21.6 Å². The summed E-state index contributed by atoms with van der Waals surface area (Å²) >= 11 is 1.20.